The molecular formula is C18H30N2. The van der Waals surface area contributed by atoms with Gasteiger partial charge >= 0.3 is 0 Å². The number of rotatable bonds is 6. The van der Waals surface area contributed by atoms with E-state index in [4.69, 9.17) is 0 Å². The number of benzene rings is 1. The molecule has 0 aliphatic carbocycles. The molecule has 1 unspecified atom stereocenters. The molecule has 1 aliphatic heterocycles. The molecule has 1 aromatic rings. The standard InChI is InChI=1S/C18H30N2/c1-15(2)16(3)13-20-14-18(9-11-19-12-10-18)17-7-5-4-6-8-17/h4-8,15-16,19-20H,9-14H2,1-3H3. The van der Waals surface area contributed by atoms with Crippen LogP contribution in [0, 0.1) is 11.8 Å². The minimum Gasteiger partial charge on any atom is -0.317 e. The number of hydrogen-bond acceptors (Lipinski definition) is 2. The smallest absolute Gasteiger partial charge is 0.0102 e. The molecule has 1 aromatic carbocycles. The van der Waals surface area contributed by atoms with Gasteiger partial charge in [-0.1, -0.05) is 51.1 Å². The first-order valence-electron chi connectivity index (χ1n) is 8.11. The van der Waals surface area contributed by atoms with Gasteiger partial charge in [0.2, 0.25) is 0 Å². The number of nitrogens with one attached hydrogen (secondary N) is 2. The van der Waals surface area contributed by atoms with E-state index in [0.717, 1.165) is 38.0 Å². The van der Waals surface area contributed by atoms with Crippen LogP contribution in [0.2, 0.25) is 0 Å². The first-order valence-corrected chi connectivity index (χ1v) is 8.11. The second kappa shape index (κ2) is 7.24. The van der Waals surface area contributed by atoms with Crippen LogP contribution in [0.1, 0.15) is 39.2 Å². The van der Waals surface area contributed by atoms with Crippen LogP contribution in [-0.4, -0.2) is 26.2 Å². The van der Waals surface area contributed by atoms with Crippen LogP contribution in [0.4, 0.5) is 0 Å². The Morgan fingerprint density at radius 3 is 2.35 bits per heavy atom. The van der Waals surface area contributed by atoms with E-state index in [9.17, 15) is 0 Å². The van der Waals surface area contributed by atoms with Crippen LogP contribution in [0.25, 0.3) is 0 Å². The van der Waals surface area contributed by atoms with Gasteiger partial charge in [-0.05, 0) is 49.9 Å². The van der Waals surface area contributed by atoms with Gasteiger partial charge in [-0.2, -0.15) is 0 Å². The van der Waals surface area contributed by atoms with Crippen molar-refractivity contribution >= 4 is 0 Å². The molecule has 1 heterocycles. The lowest BCUT2D eigenvalue weighted by molar-refractivity contribution is 0.280. The summed E-state index contributed by atoms with van der Waals surface area (Å²) >= 11 is 0. The molecule has 1 fully saturated rings. The highest BCUT2D eigenvalue weighted by atomic mass is 14.9. The highest BCUT2D eigenvalue weighted by molar-refractivity contribution is 5.27. The monoisotopic (exact) mass is 274 g/mol. The Bertz CT molecular complexity index is 380. The Morgan fingerprint density at radius 1 is 1.10 bits per heavy atom. The lowest BCUT2D eigenvalue weighted by Gasteiger charge is -2.39. The highest BCUT2D eigenvalue weighted by Gasteiger charge is 2.33. The van der Waals surface area contributed by atoms with Gasteiger partial charge in [0.15, 0.2) is 0 Å². The minimum atomic E-state index is 0.323. The highest BCUT2D eigenvalue weighted by Crippen LogP contribution is 2.32. The topological polar surface area (TPSA) is 24.1 Å². The Hall–Kier alpha value is -0.860. The zero-order valence-electron chi connectivity index (χ0n) is 13.3. The van der Waals surface area contributed by atoms with E-state index in [1.807, 2.05) is 0 Å². The van der Waals surface area contributed by atoms with Crippen molar-refractivity contribution in [2.24, 2.45) is 11.8 Å². The molecule has 2 nitrogen and oxygen atoms in total. The maximum Gasteiger partial charge on any atom is 0.0102 e. The van der Waals surface area contributed by atoms with E-state index in [0.29, 0.717) is 5.41 Å². The van der Waals surface area contributed by atoms with Crippen LogP contribution in [0.5, 0.6) is 0 Å². The summed E-state index contributed by atoms with van der Waals surface area (Å²) in [6.07, 6.45) is 2.47. The predicted octanol–water partition coefficient (Wildman–Crippen LogP) is 3.19. The van der Waals surface area contributed by atoms with Gasteiger partial charge in [-0.25, -0.2) is 0 Å². The molecular weight excluding hydrogens is 244 g/mol. The van der Waals surface area contributed by atoms with E-state index < -0.39 is 0 Å². The summed E-state index contributed by atoms with van der Waals surface area (Å²) in [5.74, 6) is 1.49. The summed E-state index contributed by atoms with van der Waals surface area (Å²) in [6, 6.07) is 11.1. The molecule has 112 valence electrons. The largest absolute Gasteiger partial charge is 0.317 e. The molecule has 0 spiro atoms. The minimum absolute atomic E-state index is 0.323. The SMILES string of the molecule is CC(C)C(C)CNCC1(c2ccccc2)CCNCC1. The Kier molecular flexibility index (Phi) is 5.62. The molecule has 1 saturated heterocycles. The van der Waals surface area contributed by atoms with Gasteiger partial charge in [-0.15, -0.1) is 0 Å². The Balaban J connectivity index is 2.01. The molecule has 20 heavy (non-hydrogen) atoms. The second-order valence-corrected chi connectivity index (χ2v) is 6.75. The normalized spacial score (nSPS) is 20.0. The fourth-order valence-electron chi connectivity index (χ4n) is 3.04. The maximum atomic E-state index is 3.75. The van der Waals surface area contributed by atoms with Crippen molar-refractivity contribution in [1.29, 1.82) is 0 Å². The third-order valence-electron chi connectivity index (χ3n) is 5.01. The van der Waals surface area contributed by atoms with Crippen LogP contribution in [-0.2, 0) is 5.41 Å². The summed E-state index contributed by atoms with van der Waals surface area (Å²) in [6.45, 7) is 11.5. The molecule has 2 heteroatoms. The van der Waals surface area contributed by atoms with Gasteiger partial charge in [0, 0.05) is 12.0 Å². The lowest BCUT2D eigenvalue weighted by atomic mass is 9.73. The number of hydrogen-bond donors (Lipinski definition) is 2. The van der Waals surface area contributed by atoms with Crippen molar-refractivity contribution in [2.45, 2.75) is 39.0 Å². The van der Waals surface area contributed by atoms with Gasteiger partial charge in [0.05, 0.1) is 0 Å². The molecule has 0 bridgehead atoms. The average Bonchev–Trinajstić information content (AvgIpc) is 2.49. The Morgan fingerprint density at radius 2 is 1.75 bits per heavy atom. The molecule has 0 radical (unpaired) electrons. The summed E-state index contributed by atoms with van der Waals surface area (Å²) in [7, 11) is 0. The molecule has 0 saturated carbocycles. The van der Waals surface area contributed by atoms with E-state index in [1.165, 1.54) is 18.4 Å². The van der Waals surface area contributed by atoms with Crippen molar-refractivity contribution in [2.75, 3.05) is 26.2 Å². The molecule has 2 N–H and O–H groups in total. The van der Waals surface area contributed by atoms with Crippen LogP contribution < -0.4 is 10.6 Å². The molecule has 1 aliphatic rings. The summed E-state index contributed by atoms with van der Waals surface area (Å²) in [4.78, 5) is 0. The first-order chi connectivity index (χ1) is 9.64. The van der Waals surface area contributed by atoms with E-state index in [2.05, 4.69) is 61.7 Å². The summed E-state index contributed by atoms with van der Waals surface area (Å²) < 4.78 is 0. The van der Waals surface area contributed by atoms with Crippen LogP contribution in [0.15, 0.2) is 30.3 Å². The van der Waals surface area contributed by atoms with Crippen LogP contribution in [0.3, 0.4) is 0 Å². The summed E-state index contributed by atoms with van der Waals surface area (Å²) in [5, 5.41) is 7.25. The van der Waals surface area contributed by atoms with Crippen molar-refractivity contribution in [3.8, 4) is 0 Å². The summed E-state index contributed by atoms with van der Waals surface area (Å²) in [5.41, 5.74) is 1.83. The molecule has 1 atom stereocenters. The second-order valence-electron chi connectivity index (χ2n) is 6.75. The van der Waals surface area contributed by atoms with Crippen molar-refractivity contribution < 1.29 is 0 Å². The van der Waals surface area contributed by atoms with Gasteiger partial charge in [0.25, 0.3) is 0 Å². The predicted molar refractivity (Wildman–Crippen MR) is 87.1 cm³/mol. The van der Waals surface area contributed by atoms with Crippen molar-refractivity contribution in [1.82, 2.24) is 10.6 Å². The average molecular weight is 274 g/mol. The zero-order chi connectivity index (χ0) is 14.4. The van der Waals surface area contributed by atoms with E-state index in [-0.39, 0.29) is 0 Å². The van der Waals surface area contributed by atoms with Crippen molar-refractivity contribution in [3.05, 3.63) is 35.9 Å². The first kappa shape index (κ1) is 15.5. The van der Waals surface area contributed by atoms with Crippen LogP contribution >= 0.6 is 0 Å². The number of piperidine rings is 1. The fraction of sp³-hybridized carbons (Fsp3) is 0.667. The van der Waals surface area contributed by atoms with Crippen molar-refractivity contribution in [3.63, 3.8) is 0 Å². The van der Waals surface area contributed by atoms with Gasteiger partial charge in [0.1, 0.15) is 0 Å². The molecule has 0 aromatic heterocycles. The fourth-order valence-corrected chi connectivity index (χ4v) is 3.04. The third kappa shape index (κ3) is 3.83. The molecule has 0 amide bonds. The maximum absolute atomic E-state index is 3.75. The van der Waals surface area contributed by atoms with E-state index >= 15 is 0 Å². The lowest BCUT2D eigenvalue weighted by Crippen LogP contribution is -2.47. The van der Waals surface area contributed by atoms with Gasteiger partial charge in [-0.3, -0.25) is 0 Å². The molecule has 2 rings (SSSR count). The van der Waals surface area contributed by atoms with E-state index in [1.54, 1.807) is 0 Å². The Labute approximate surface area is 124 Å². The third-order valence-corrected chi connectivity index (χ3v) is 5.01. The van der Waals surface area contributed by atoms with Gasteiger partial charge < -0.3 is 10.6 Å². The zero-order valence-corrected chi connectivity index (χ0v) is 13.3. The quantitative estimate of drug-likeness (QED) is 0.832.